The van der Waals surface area contributed by atoms with Crippen molar-refractivity contribution in [1.29, 1.82) is 0 Å². The van der Waals surface area contributed by atoms with Crippen molar-refractivity contribution in [3.8, 4) is 11.1 Å². The van der Waals surface area contributed by atoms with Crippen LogP contribution in [0.1, 0.15) is 0 Å². The number of furan rings is 1. The summed E-state index contributed by atoms with van der Waals surface area (Å²) in [5, 5.41) is 12.3. The summed E-state index contributed by atoms with van der Waals surface area (Å²) in [6, 6.07) is 63.3. The second-order valence-electron chi connectivity index (χ2n) is 12.6. The Morgan fingerprint density at radius 1 is 0.354 bits per heavy atom. The van der Waals surface area contributed by atoms with E-state index in [1.807, 2.05) is 0 Å². The summed E-state index contributed by atoms with van der Waals surface area (Å²) in [5.74, 6) is 0. The highest BCUT2D eigenvalue weighted by atomic mass is 16.3. The fourth-order valence-corrected chi connectivity index (χ4v) is 7.46. The number of benzene rings is 9. The molecule has 0 aliphatic carbocycles. The lowest BCUT2D eigenvalue weighted by Gasteiger charge is -2.25. The maximum atomic E-state index is 6.67. The smallest absolute Gasteiger partial charge is 0.159 e. The van der Waals surface area contributed by atoms with E-state index in [1.54, 1.807) is 0 Å². The van der Waals surface area contributed by atoms with Crippen LogP contribution in [0.25, 0.3) is 76.2 Å². The Morgan fingerprint density at radius 3 is 1.77 bits per heavy atom. The predicted molar refractivity (Wildman–Crippen MR) is 204 cm³/mol. The summed E-state index contributed by atoms with van der Waals surface area (Å²) in [5.41, 5.74) is 7.32. The summed E-state index contributed by atoms with van der Waals surface area (Å²) in [4.78, 5) is 2.30. The van der Waals surface area contributed by atoms with E-state index in [9.17, 15) is 0 Å². The molecule has 10 aromatic rings. The average Bonchev–Trinajstić information content (AvgIpc) is 3.52. The van der Waals surface area contributed by atoms with Crippen LogP contribution in [0, 0.1) is 0 Å². The zero-order chi connectivity index (χ0) is 31.6. The van der Waals surface area contributed by atoms with Gasteiger partial charge in [-0.15, -0.1) is 0 Å². The molecule has 0 bridgehead atoms. The topological polar surface area (TPSA) is 16.4 Å². The van der Waals surface area contributed by atoms with Crippen LogP contribution in [0.5, 0.6) is 0 Å². The van der Waals surface area contributed by atoms with E-state index in [2.05, 4.69) is 181 Å². The average molecular weight is 612 g/mol. The van der Waals surface area contributed by atoms with Gasteiger partial charge in [0.25, 0.3) is 0 Å². The fourth-order valence-electron chi connectivity index (χ4n) is 7.46. The quantitative estimate of drug-likeness (QED) is 0.184. The first-order chi connectivity index (χ1) is 23.8. The molecule has 0 saturated carbocycles. The maximum absolute atomic E-state index is 6.67. The zero-order valence-electron chi connectivity index (χ0n) is 26.1. The van der Waals surface area contributed by atoms with Crippen LogP contribution < -0.4 is 4.90 Å². The Hall–Kier alpha value is -6.38. The Bertz CT molecular complexity index is 2820. The minimum absolute atomic E-state index is 0.879. The van der Waals surface area contributed by atoms with Crippen LogP contribution in [0.4, 0.5) is 17.1 Å². The van der Waals surface area contributed by atoms with E-state index < -0.39 is 0 Å². The number of hydrogen-bond donors (Lipinski definition) is 0. The molecule has 0 radical (unpaired) electrons. The van der Waals surface area contributed by atoms with Gasteiger partial charge in [0.2, 0.25) is 0 Å². The third-order valence-electron chi connectivity index (χ3n) is 9.78. The molecule has 0 N–H and O–H groups in total. The molecule has 0 unspecified atom stereocenters. The highest BCUT2D eigenvalue weighted by molar-refractivity contribution is 6.20. The lowest BCUT2D eigenvalue weighted by molar-refractivity contribution is 0.669. The molecule has 0 amide bonds. The van der Waals surface area contributed by atoms with E-state index in [0.717, 1.165) is 39.0 Å². The molecule has 2 heteroatoms. The van der Waals surface area contributed by atoms with Crippen LogP contribution in [0.2, 0.25) is 0 Å². The van der Waals surface area contributed by atoms with Gasteiger partial charge in [-0.05, 0) is 103 Å². The summed E-state index contributed by atoms with van der Waals surface area (Å²) in [7, 11) is 0. The van der Waals surface area contributed by atoms with Gasteiger partial charge in [0.15, 0.2) is 5.58 Å². The highest BCUT2D eigenvalue weighted by Gasteiger charge is 2.19. The lowest BCUT2D eigenvalue weighted by atomic mass is 9.94. The predicted octanol–water partition coefficient (Wildman–Crippen LogP) is 13.3. The van der Waals surface area contributed by atoms with Gasteiger partial charge in [0, 0.05) is 22.1 Å². The van der Waals surface area contributed by atoms with E-state index >= 15 is 0 Å². The Morgan fingerprint density at radius 2 is 0.958 bits per heavy atom. The summed E-state index contributed by atoms with van der Waals surface area (Å²) < 4.78 is 6.67. The van der Waals surface area contributed by atoms with Crippen molar-refractivity contribution in [2.24, 2.45) is 0 Å². The molecule has 0 atom stereocenters. The van der Waals surface area contributed by atoms with Crippen molar-refractivity contribution in [1.82, 2.24) is 0 Å². The highest BCUT2D eigenvalue weighted by Crippen LogP contribution is 2.43. The van der Waals surface area contributed by atoms with E-state index in [0.29, 0.717) is 0 Å². The first kappa shape index (κ1) is 26.8. The van der Waals surface area contributed by atoms with Crippen LogP contribution in [0.3, 0.4) is 0 Å². The number of hydrogen-bond acceptors (Lipinski definition) is 2. The maximum Gasteiger partial charge on any atom is 0.159 e. The number of anilines is 3. The van der Waals surface area contributed by atoms with Gasteiger partial charge in [-0.25, -0.2) is 0 Å². The molecular formula is C46H29NO. The largest absolute Gasteiger partial charge is 0.454 e. The van der Waals surface area contributed by atoms with Gasteiger partial charge < -0.3 is 9.32 Å². The molecule has 0 fully saturated rings. The van der Waals surface area contributed by atoms with E-state index in [1.165, 1.54) is 54.2 Å². The van der Waals surface area contributed by atoms with Gasteiger partial charge in [0.1, 0.15) is 5.58 Å². The van der Waals surface area contributed by atoms with Crippen molar-refractivity contribution < 1.29 is 4.42 Å². The van der Waals surface area contributed by atoms with Gasteiger partial charge in [0.05, 0.1) is 5.69 Å². The molecule has 0 aliphatic rings. The van der Waals surface area contributed by atoms with E-state index in [-0.39, 0.29) is 0 Å². The number of nitrogens with zero attached hydrogens (tertiary/aromatic N) is 1. The number of rotatable bonds is 4. The lowest BCUT2D eigenvalue weighted by Crippen LogP contribution is -2.10. The minimum Gasteiger partial charge on any atom is -0.454 e. The van der Waals surface area contributed by atoms with Crippen LogP contribution in [-0.4, -0.2) is 0 Å². The first-order valence-corrected chi connectivity index (χ1v) is 16.4. The fraction of sp³-hybridized carbons (Fsp3) is 0. The molecular weight excluding hydrogens is 583 g/mol. The van der Waals surface area contributed by atoms with Crippen LogP contribution >= 0.6 is 0 Å². The van der Waals surface area contributed by atoms with Gasteiger partial charge in [-0.3, -0.25) is 0 Å². The zero-order valence-corrected chi connectivity index (χ0v) is 26.1. The summed E-state index contributed by atoms with van der Waals surface area (Å²) >= 11 is 0. The van der Waals surface area contributed by atoms with E-state index in [4.69, 9.17) is 4.42 Å². The van der Waals surface area contributed by atoms with Crippen molar-refractivity contribution >= 4 is 82.1 Å². The number of para-hydroxylation sites is 2. The van der Waals surface area contributed by atoms with Crippen molar-refractivity contribution in [3.63, 3.8) is 0 Å². The Labute approximate surface area is 277 Å². The molecule has 10 rings (SSSR count). The molecule has 0 saturated heterocycles. The molecule has 1 heterocycles. The normalized spacial score (nSPS) is 11.8. The third kappa shape index (κ3) is 4.20. The standard InChI is InChI=1S/C46H29NO/c1-2-12-37(13-3-1)47(43-16-8-15-40-42-28-34-10-4-5-11-35(34)29-44(42)48-46(40)43)38-25-23-30(24-26-38)36-22-19-32-18-21-33-20-17-31-9-6-7-14-39(31)45(33)41(32)27-36/h1-29H. The Balaban J connectivity index is 1.12. The monoisotopic (exact) mass is 611 g/mol. The summed E-state index contributed by atoms with van der Waals surface area (Å²) in [6.45, 7) is 0. The second-order valence-corrected chi connectivity index (χ2v) is 12.6. The molecule has 2 nitrogen and oxygen atoms in total. The summed E-state index contributed by atoms with van der Waals surface area (Å²) in [6.07, 6.45) is 0. The molecule has 0 aliphatic heterocycles. The minimum atomic E-state index is 0.879. The molecule has 1 aromatic heterocycles. The van der Waals surface area contributed by atoms with Crippen molar-refractivity contribution in [2.45, 2.75) is 0 Å². The molecule has 48 heavy (non-hydrogen) atoms. The number of fused-ring (bicyclic) bond motifs is 9. The molecule has 0 spiro atoms. The SMILES string of the molecule is c1ccc(N(c2ccc(-c3ccc4ccc5ccc6ccccc6c5c4c3)cc2)c2cccc3c2oc2cc4ccccc4cc23)cc1. The van der Waals surface area contributed by atoms with Crippen LogP contribution in [0.15, 0.2) is 180 Å². The second kappa shape index (κ2) is 10.6. The van der Waals surface area contributed by atoms with Gasteiger partial charge in [-0.1, -0.05) is 127 Å². The third-order valence-corrected chi connectivity index (χ3v) is 9.78. The first-order valence-electron chi connectivity index (χ1n) is 16.4. The van der Waals surface area contributed by atoms with Gasteiger partial charge >= 0.3 is 0 Å². The molecule has 9 aromatic carbocycles. The van der Waals surface area contributed by atoms with Gasteiger partial charge in [-0.2, -0.15) is 0 Å². The van der Waals surface area contributed by atoms with Crippen molar-refractivity contribution in [2.75, 3.05) is 4.90 Å². The molecule has 224 valence electrons. The Kier molecular flexibility index (Phi) is 5.91. The van der Waals surface area contributed by atoms with Crippen molar-refractivity contribution in [3.05, 3.63) is 176 Å². The van der Waals surface area contributed by atoms with Crippen LogP contribution in [-0.2, 0) is 0 Å².